The highest BCUT2D eigenvalue weighted by molar-refractivity contribution is 6.33. The minimum atomic E-state index is -0.0829. The van der Waals surface area contributed by atoms with Crippen molar-refractivity contribution in [1.29, 1.82) is 5.26 Å². The fraction of sp³-hybridized carbons (Fsp3) is 0.346. The van der Waals surface area contributed by atoms with Crippen molar-refractivity contribution < 1.29 is 9.32 Å². The highest BCUT2D eigenvalue weighted by Gasteiger charge is 2.29. The number of hydrogen-bond acceptors (Lipinski definition) is 4. The van der Waals surface area contributed by atoms with Crippen LogP contribution in [-0.4, -0.2) is 29.1 Å². The molecule has 1 aromatic heterocycles. The van der Waals surface area contributed by atoms with Crippen LogP contribution in [0.25, 0.3) is 0 Å². The van der Waals surface area contributed by atoms with Crippen LogP contribution in [0.1, 0.15) is 58.1 Å². The molecular formula is C26H24Cl3N3O2. The number of amides is 1. The maximum Gasteiger partial charge on any atom is 0.276 e. The van der Waals surface area contributed by atoms with E-state index in [0.717, 1.165) is 30.4 Å². The Morgan fingerprint density at radius 2 is 2.03 bits per heavy atom. The number of hydrogen-bond donors (Lipinski definition) is 0. The number of likely N-dealkylation sites (tertiary alicyclic amines) is 1. The molecule has 0 radical (unpaired) electrons. The van der Waals surface area contributed by atoms with Gasteiger partial charge in [0.2, 0.25) is 0 Å². The van der Waals surface area contributed by atoms with Crippen LogP contribution >= 0.6 is 34.8 Å². The first-order valence-corrected chi connectivity index (χ1v) is 12.3. The zero-order valence-electron chi connectivity index (χ0n) is 18.7. The van der Waals surface area contributed by atoms with Crippen molar-refractivity contribution in [2.24, 2.45) is 5.92 Å². The van der Waals surface area contributed by atoms with Crippen molar-refractivity contribution in [3.8, 4) is 6.07 Å². The molecule has 0 saturated carbocycles. The van der Waals surface area contributed by atoms with E-state index < -0.39 is 0 Å². The molecule has 3 aromatic rings. The van der Waals surface area contributed by atoms with E-state index in [-0.39, 0.29) is 11.8 Å². The fourth-order valence-electron chi connectivity index (χ4n) is 4.55. The van der Waals surface area contributed by atoms with Crippen molar-refractivity contribution >= 4 is 40.7 Å². The number of benzene rings is 2. The summed E-state index contributed by atoms with van der Waals surface area (Å²) in [5, 5.41) is 14.9. The number of carbonyl (C=O) groups excluding carboxylic acids is 1. The van der Waals surface area contributed by atoms with E-state index in [1.165, 1.54) is 0 Å². The van der Waals surface area contributed by atoms with Crippen molar-refractivity contribution in [2.45, 2.75) is 38.5 Å². The lowest BCUT2D eigenvalue weighted by Crippen LogP contribution is -2.29. The van der Waals surface area contributed by atoms with Crippen molar-refractivity contribution in [3.63, 3.8) is 0 Å². The number of halogens is 3. The van der Waals surface area contributed by atoms with Gasteiger partial charge in [-0.15, -0.1) is 0 Å². The van der Waals surface area contributed by atoms with Gasteiger partial charge in [0, 0.05) is 29.2 Å². The summed E-state index contributed by atoms with van der Waals surface area (Å²) in [6.45, 7) is 3.19. The quantitative estimate of drug-likeness (QED) is 0.336. The Morgan fingerprint density at radius 1 is 1.21 bits per heavy atom. The molecule has 4 rings (SSSR count). The molecule has 0 N–H and O–H groups in total. The first-order chi connectivity index (χ1) is 16.3. The summed E-state index contributed by atoms with van der Waals surface area (Å²) in [5.74, 6) is 1.08. The predicted octanol–water partition coefficient (Wildman–Crippen LogP) is 7.08. The number of carbonyl (C=O) groups is 1. The second kappa shape index (κ2) is 10.8. The van der Waals surface area contributed by atoms with Gasteiger partial charge in [-0.05, 0) is 85.9 Å². The molecule has 34 heavy (non-hydrogen) atoms. The number of nitriles is 1. The van der Waals surface area contributed by atoms with Gasteiger partial charge in [-0.3, -0.25) is 4.79 Å². The van der Waals surface area contributed by atoms with E-state index in [4.69, 9.17) is 39.3 Å². The van der Waals surface area contributed by atoms with E-state index in [9.17, 15) is 10.1 Å². The lowest BCUT2D eigenvalue weighted by atomic mass is 9.85. The number of nitrogens with zero attached hydrogens (tertiary/aromatic N) is 3. The van der Waals surface area contributed by atoms with E-state index in [0.29, 0.717) is 57.5 Å². The van der Waals surface area contributed by atoms with Gasteiger partial charge in [0.25, 0.3) is 5.91 Å². The predicted molar refractivity (Wildman–Crippen MR) is 134 cm³/mol. The smallest absolute Gasteiger partial charge is 0.276 e. The average Bonchev–Trinajstić information content (AvgIpc) is 3.47. The zero-order chi connectivity index (χ0) is 24.2. The summed E-state index contributed by atoms with van der Waals surface area (Å²) in [4.78, 5) is 14.6. The van der Waals surface area contributed by atoms with Crippen molar-refractivity contribution in [1.82, 2.24) is 10.1 Å². The summed E-state index contributed by atoms with van der Waals surface area (Å²) >= 11 is 19.0. The minimum Gasteiger partial charge on any atom is -0.361 e. The second-order valence-electron chi connectivity index (χ2n) is 8.79. The Bertz CT molecular complexity index is 1230. The Labute approximate surface area is 214 Å². The Balaban J connectivity index is 1.47. The van der Waals surface area contributed by atoms with Crippen molar-refractivity contribution in [3.05, 3.63) is 85.7 Å². The number of rotatable bonds is 7. The van der Waals surface area contributed by atoms with Crippen LogP contribution in [0.5, 0.6) is 0 Å². The number of aromatic nitrogens is 1. The van der Waals surface area contributed by atoms with E-state index in [1.807, 2.05) is 29.2 Å². The van der Waals surface area contributed by atoms with Gasteiger partial charge < -0.3 is 9.42 Å². The van der Waals surface area contributed by atoms with Crippen LogP contribution in [0.3, 0.4) is 0 Å². The molecule has 1 amide bonds. The second-order valence-corrected chi connectivity index (χ2v) is 10.0. The topological polar surface area (TPSA) is 70.1 Å². The van der Waals surface area contributed by atoms with Crippen molar-refractivity contribution in [2.75, 3.05) is 13.1 Å². The van der Waals surface area contributed by atoms with Gasteiger partial charge in [0.1, 0.15) is 11.8 Å². The van der Waals surface area contributed by atoms with E-state index in [2.05, 4.69) is 11.2 Å². The SMILES string of the molecule is Cc1cc(C(=O)N2CCC(CCC(Cc3cc(Cl)ccc3Cl)c3ccc(C#N)c(Cl)c3)C2)no1. The summed E-state index contributed by atoms with van der Waals surface area (Å²) in [6, 6.07) is 14.9. The molecule has 2 unspecified atom stereocenters. The molecule has 2 atom stereocenters. The van der Waals surface area contributed by atoms with Crippen LogP contribution in [0, 0.1) is 24.2 Å². The third-order valence-corrected chi connectivity index (χ3v) is 7.32. The molecule has 0 aliphatic carbocycles. The highest BCUT2D eigenvalue weighted by atomic mass is 35.5. The highest BCUT2D eigenvalue weighted by Crippen LogP contribution is 2.34. The molecule has 8 heteroatoms. The van der Waals surface area contributed by atoms with Crippen LogP contribution in [-0.2, 0) is 6.42 Å². The minimum absolute atomic E-state index is 0.0829. The zero-order valence-corrected chi connectivity index (χ0v) is 21.0. The average molecular weight is 517 g/mol. The molecular weight excluding hydrogens is 493 g/mol. The molecule has 1 aliphatic rings. The Kier molecular flexibility index (Phi) is 7.83. The summed E-state index contributed by atoms with van der Waals surface area (Å²) in [6.07, 6.45) is 3.49. The maximum atomic E-state index is 12.7. The third-order valence-electron chi connectivity index (χ3n) is 6.40. The molecule has 0 bridgehead atoms. The standard InChI is InChI=1S/C26H24Cl3N3O2/c1-16-10-25(31-34-16)26(33)32-9-8-17(15-32)2-3-18(11-21-12-22(27)6-7-23(21)28)19-4-5-20(14-30)24(29)13-19/h4-7,10,12-13,17-18H,2-3,8-9,11,15H2,1H3. The lowest BCUT2D eigenvalue weighted by molar-refractivity contribution is 0.0776. The summed E-state index contributed by atoms with van der Waals surface area (Å²) in [7, 11) is 0. The van der Waals surface area contributed by atoms with Crippen LogP contribution < -0.4 is 0 Å². The Hall–Kier alpha value is -2.52. The van der Waals surface area contributed by atoms with Gasteiger partial charge in [0.15, 0.2) is 5.69 Å². The molecule has 0 spiro atoms. The first kappa shape index (κ1) is 24.6. The largest absolute Gasteiger partial charge is 0.361 e. The molecule has 5 nitrogen and oxygen atoms in total. The van der Waals surface area contributed by atoms with Crippen LogP contribution in [0.4, 0.5) is 0 Å². The van der Waals surface area contributed by atoms with Gasteiger partial charge in [-0.1, -0.05) is 46.0 Å². The van der Waals surface area contributed by atoms with Gasteiger partial charge >= 0.3 is 0 Å². The molecule has 1 aliphatic heterocycles. The molecule has 2 aromatic carbocycles. The fourth-order valence-corrected chi connectivity index (χ4v) is 5.17. The molecule has 1 fully saturated rings. The van der Waals surface area contributed by atoms with E-state index in [1.54, 1.807) is 25.1 Å². The molecule has 176 valence electrons. The molecule has 1 saturated heterocycles. The summed E-state index contributed by atoms with van der Waals surface area (Å²) < 4.78 is 5.05. The molecule has 2 heterocycles. The van der Waals surface area contributed by atoms with Crippen LogP contribution in [0.2, 0.25) is 15.1 Å². The normalized spacial score (nSPS) is 16.4. The third kappa shape index (κ3) is 5.75. The maximum absolute atomic E-state index is 12.7. The number of aryl methyl sites for hydroxylation is 1. The lowest BCUT2D eigenvalue weighted by Gasteiger charge is -2.21. The van der Waals surface area contributed by atoms with Gasteiger partial charge in [-0.2, -0.15) is 5.26 Å². The van der Waals surface area contributed by atoms with E-state index >= 15 is 0 Å². The Morgan fingerprint density at radius 3 is 2.74 bits per heavy atom. The van der Waals surface area contributed by atoms with Gasteiger partial charge in [0.05, 0.1) is 10.6 Å². The van der Waals surface area contributed by atoms with Crippen LogP contribution in [0.15, 0.2) is 47.0 Å². The monoisotopic (exact) mass is 515 g/mol. The summed E-state index contributed by atoms with van der Waals surface area (Å²) in [5.41, 5.74) is 2.85. The first-order valence-electron chi connectivity index (χ1n) is 11.2. The van der Waals surface area contributed by atoms with Gasteiger partial charge in [-0.25, -0.2) is 0 Å².